The minimum absolute atomic E-state index is 0.189. The first-order valence-corrected chi connectivity index (χ1v) is 10.5. The molecule has 2 atom stereocenters. The molecule has 0 bridgehead atoms. The normalized spacial score (nSPS) is 19.4. The van der Waals surface area contributed by atoms with Crippen LogP contribution in [0.15, 0.2) is 4.99 Å². The zero-order valence-electron chi connectivity index (χ0n) is 16.1. The van der Waals surface area contributed by atoms with E-state index in [-0.39, 0.29) is 10.8 Å². The predicted molar refractivity (Wildman–Crippen MR) is 103 cm³/mol. The van der Waals surface area contributed by atoms with E-state index in [9.17, 15) is 4.21 Å². The van der Waals surface area contributed by atoms with E-state index >= 15 is 0 Å². The van der Waals surface area contributed by atoms with Gasteiger partial charge >= 0.3 is 0 Å². The van der Waals surface area contributed by atoms with Crippen LogP contribution in [0.2, 0.25) is 0 Å². The summed E-state index contributed by atoms with van der Waals surface area (Å²) < 4.78 is 14.0. The van der Waals surface area contributed by atoms with Crippen LogP contribution in [-0.4, -0.2) is 54.6 Å². The quantitative estimate of drug-likeness (QED) is 0.583. The third-order valence-corrected chi connectivity index (χ3v) is 6.05. The molecule has 0 amide bonds. The number of nitrogens with one attached hydrogen (secondary N) is 2. The van der Waals surface area contributed by atoms with Gasteiger partial charge in [0.1, 0.15) is 5.82 Å². The molecule has 1 aliphatic rings. The van der Waals surface area contributed by atoms with Crippen LogP contribution in [0.25, 0.3) is 0 Å². The second-order valence-corrected chi connectivity index (χ2v) is 9.61. The zero-order valence-corrected chi connectivity index (χ0v) is 16.9. The Morgan fingerprint density at radius 3 is 2.80 bits per heavy atom. The molecule has 8 heteroatoms. The highest BCUT2D eigenvalue weighted by molar-refractivity contribution is 7.86. The lowest BCUT2D eigenvalue weighted by Crippen LogP contribution is -2.47. The van der Waals surface area contributed by atoms with E-state index in [0.29, 0.717) is 12.3 Å². The molecule has 0 radical (unpaired) electrons. The molecule has 0 saturated heterocycles. The molecule has 7 nitrogen and oxygen atoms in total. The topological polar surface area (TPSA) is 84.2 Å². The Balaban J connectivity index is 1.92. The van der Waals surface area contributed by atoms with Crippen molar-refractivity contribution in [3.8, 4) is 0 Å². The van der Waals surface area contributed by atoms with E-state index in [1.54, 1.807) is 0 Å². The van der Waals surface area contributed by atoms with Gasteiger partial charge in [-0.05, 0) is 34.1 Å². The highest BCUT2D eigenvalue weighted by Crippen LogP contribution is 2.13. The third kappa shape index (κ3) is 5.80. The number of hydrogen-bond acceptors (Lipinski definition) is 4. The van der Waals surface area contributed by atoms with E-state index in [1.165, 1.54) is 0 Å². The zero-order chi connectivity index (χ0) is 18.4. The molecule has 0 saturated carbocycles. The number of hydrogen-bond donors (Lipinski definition) is 2. The summed E-state index contributed by atoms with van der Waals surface area (Å²) >= 11 is 0. The molecule has 2 heterocycles. The Hall–Kier alpha value is -1.44. The van der Waals surface area contributed by atoms with E-state index in [1.807, 2.05) is 25.5 Å². The van der Waals surface area contributed by atoms with Crippen molar-refractivity contribution in [1.82, 2.24) is 25.4 Å². The Kier molecular flexibility index (Phi) is 6.98. The van der Waals surface area contributed by atoms with E-state index in [0.717, 1.165) is 50.0 Å². The van der Waals surface area contributed by atoms with Crippen LogP contribution in [0.5, 0.6) is 0 Å². The number of fused-ring (bicyclic) bond motifs is 1. The van der Waals surface area contributed by atoms with Crippen molar-refractivity contribution in [3.05, 3.63) is 11.6 Å². The maximum Gasteiger partial charge on any atom is 0.191 e. The van der Waals surface area contributed by atoms with Gasteiger partial charge in [-0.2, -0.15) is 5.10 Å². The second kappa shape index (κ2) is 8.78. The van der Waals surface area contributed by atoms with Crippen molar-refractivity contribution in [3.63, 3.8) is 0 Å². The number of nitrogens with zero attached hydrogens (tertiary/aromatic N) is 4. The van der Waals surface area contributed by atoms with Crippen LogP contribution in [0.3, 0.4) is 0 Å². The second-order valence-electron chi connectivity index (χ2n) is 7.28. The van der Waals surface area contributed by atoms with Crippen molar-refractivity contribution in [2.45, 2.75) is 71.2 Å². The molecule has 0 fully saturated rings. The fraction of sp³-hybridized carbons (Fsp3) is 0.824. The lowest BCUT2D eigenvalue weighted by atomic mass is 10.1. The van der Waals surface area contributed by atoms with Crippen LogP contribution in [0, 0.1) is 0 Å². The SMILES string of the molecule is CCNC(=NCCS(=O)C(C)(C)C)NC1CCc2nc(CC)nn2C1. The van der Waals surface area contributed by atoms with Gasteiger partial charge in [0.15, 0.2) is 11.8 Å². The monoisotopic (exact) mass is 368 g/mol. The van der Waals surface area contributed by atoms with E-state index in [4.69, 9.17) is 0 Å². The maximum atomic E-state index is 12.1. The average Bonchev–Trinajstić information content (AvgIpc) is 2.96. The number of aliphatic imine (C=N–C) groups is 1. The van der Waals surface area contributed by atoms with Crippen molar-refractivity contribution >= 4 is 16.8 Å². The van der Waals surface area contributed by atoms with Crippen molar-refractivity contribution in [1.29, 1.82) is 0 Å². The van der Waals surface area contributed by atoms with Gasteiger partial charge in [0.2, 0.25) is 0 Å². The first-order chi connectivity index (χ1) is 11.8. The Labute approximate surface area is 153 Å². The van der Waals surface area contributed by atoms with Gasteiger partial charge in [-0.3, -0.25) is 9.20 Å². The first kappa shape index (κ1) is 19.9. The Morgan fingerprint density at radius 1 is 1.40 bits per heavy atom. The van der Waals surface area contributed by atoms with Gasteiger partial charge in [-0.15, -0.1) is 0 Å². The number of aromatic nitrogens is 3. The molecule has 25 heavy (non-hydrogen) atoms. The van der Waals surface area contributed by atoms with Gasteiger partial charge in [-0.25, -0.2) is 9.67 Å². The van der Waals surface area contributed by atoms with Gasteiger partial charge < -0.3 is 10.6 Å². The highest BCUT2D eigenvalue weighted by atomic mass is 32.2. The number of rotatable bonds is 6. The third-order valence-electron chi connectivity index (χ3n) is 4.13. The molecule has 2 unspecified atom stereocenters. The van der Waals surface area contributed by atoms with E-state index < -0.39 is 10.8 Å². The largest absolute Gasteiger partial charge is 0.357 e. The maximum absolute atomic E-state index is 12.1. The summed E-state index contributed by atoms with van der Waals surface area (Å²) in [5.74, 6) is 3.37. The average molecular weight is 369 g/mol. The predicted octanol–water partition coefficient (Wildman–Crippen LogP) is 1.26. The fourth-order valence-corrected chi connectivity index (χ4v) is 3.56. The Morgan fingerprint density at radius 2 is 2.16 bits per heavy atom. The van der Waals surface area contributed by atoms with Crippen molar-refractivity contribution in [2.24, 2.45) is 4.99 Å². The molecular formula is C17H32N6OS. The van der Waals surface area contributed by atoms with Crippen LogP contribution in [0.1, 0.15) is 52.7 Å². The van der Waals surface area contributed by atoms with Crippen LogP contribution < -0.4 is 10.6 Å². The number of aryl methyl sites for hydroxylation is 2. The molecule has 1 aromatic heterocycles. The molecule has 1 aromatic rings. The van der Waals surface area contributed by atoms with E-state index in [2.05, 4.69) is 39.6 Å². The summed E-state index contributed by atoms with van der Waals surface area (Å²) in [7, 11) is -0.878. The lowest BCUT2D eigenvalue weighted by molar-refractivity contribution is 0.392. The molecular weight excluding hydrogens is 336 g/mol. The van der Waals surface area contributed by atoms with Gasteiger partial charge in [0, 0.05) is 46.7 Å². The van der Waals surface area contributed by atoms with Gasteiger partial charge in [-0.1, -0.05) is 6.92 Å². The number of guanidine groups is 1. The molecule has 0 aliphatic carbocycles. The highest BCUT2D eigenvalue weighted by Gasteiger charge is 2.22. The summed E-state index contributed by atoms with van der Waals surface area (Å²) in [6, 6.07) is 0.282. The minimum atomic E-state index is -0.878. The van der Waals surface area contributed by atoms with Gasteiger partial charge in [0.25, 0.3) is 0 Å². The van der Waals surface area contributed by atoms with Crippen molar-refractivity contribution in [2.75, 3.05) is 18.8 Å². The van der Waals surface area contributed by atoms with Gasteiger partial charge in [0.05, 0.1) is 13.1 Å². The summed E-state index contributed by atoms with van der Waals surface area (Å²) in [5.41, 5.74) is 0. The minimum Gasteiger partial charge on any atom is -0.357 e. The summed E-state index contributed by atoms with van der Waals surface area (Å²) in [6.07, 6.45) is 2.81. The van der Waals surface area contributed by atoms with Crippen LogP contribution >= 0.6 is 0 Å². The smallest absolute Gasteiger partial charge is 0.191 e. The summed E-state index contributed by atoms with van der Waals surface area (Å²) in [4.78, 5) is 9.15. The molecule has 0 aromatic carbocycles. The first-order valence-electron chi connectivity index (χ1n) is 9.19. The Bertz CT molecular complexity index is 619. The summed E-state index contributed by atoms with van der Waals surface area (Å²) in [5, 5.41) is 11.3. The fourth-order valence-electron chi connectivity index (χ4n) is 2.69. The molecule has 142 valence electrons. The molecule has 0 spiro atoms. The molecule has 2 rings (SSSR count). The summed E-state index contributed by atoms with van der Waals surface area (Å²) in [6.45, 7) is 12.3. The van der Waals surface area contributed by atoms with Crippen LogP contribution in [0.4, 0.5) is 0 Å². The standard InChI is InChI=1S/C17H32N6OS/c1-6-14-21-15-9-8-13(12-23(15)22-14)20-16(18-7-2)19-10-11-25(24)17(3,4)5/h13H,6-12H2,1-5H3,(H2,18,19,20). The molecule has 2 N–H and O–H groups in total. The lowest BCUT2D eigenvalue weighted by Gasteiger charge is -2.25. The van der Waals surface area contributed by atoms with Crippen molar-refractivity contribution < 1.29 is 4.21 Å². The van der Waals surface area contributed by atoms with Crippen LogP contribution in [-0.2, 0) is 30.2 Å². The molecule has 1 aliphatic heterocycles.